The molecule has 1 aromatic carbocycles. The Hall–Kier alpha value is -1.59. The van der Waals surface area contributed by atoms with Gasteiger partial charge in [-0.3, -0.25) is 9.59 Å². The van der Waals surface area contributed by atoms with Crippen molar-refractivity contribution in [2.45, 2.75) is 6.04 Å². The summed E-state index contributed by atoms with van der Waals surface area (Å²) >= 11 is 5.89. The van der Waals surface area contributed by atoms with Crippen LogP contribution in [0.2, 0.25) is 5.02 Å². The molecule has 0 aromatic heterocycles. The lowest BCUT2D eigenvalue weighted by Gasteiger charge is -2.11. The average molecular weight is 258 g/mol. The lowest BCUT2D eigenvalue weighted by molar-refractivity contribution is -0.137. The third kappa shape index (κ3) is 2.95. The number of aliphatic carboxylic acids is 1. The van der Waals surface area contributed by atoms with Crippen LogP contribution < -0.4 is 10.1 Å². The fourth-order valence-electron chi connectivity index (χ4n) is 1.34. The van der Waals surface area contributed by atoms with E-state index in [0.29, 0.717) is 5.75 Å². The Morgan fingerprint density at radius 2 is 2.12 bits per heavy atom. The topological polar surface area (TPSA) is 75.6 Å². The van der Waals surface area contributed by atoms with Crippen LogP contribution >= 0.6 is 11.6 Å². The van der Waals surface area contributed by atoms with Gasteiger partial charge in [-0.1, -0.05) is 11.6 Å². The van der Waals surface area contributed by atoms with Gasteiger partial charge in [0.05, 0.1) is 12.1 Å². The number of halogens is 1. The predicted molar refractivity (Wildman–Crippen MR) is 62.8 cm³/mol. The molecule has 0 amide bonds. The summed E-state index contributed by atoms with van der Waals surface area (Å²) in [5.41, 5.74) is 0.147. The first kappa shape index (κ1) is 13.5. The molecule has 0 heterocycles. The second-order valence-corrected chi connectivity index (χ2v) is 3.68. The second-order valence-electron chi connectivity index (χ2n) is 3.27. The number of hydrogen-bond acceptors (Lipinski definition) is 4. The maximum absolute atomic E-state index is 11.9. The number of ketones is 1. The van der Waals surface area contributed by atoms with Crippen LogP contribution in [0.3, 0.4) is 0 Å². The molecule has 2 N–H and O–H groups in total. The van der Waals surface area contributed by atoms with E-state index >= 15 is 0 Å². The lowest BCUT2D eigenvalue weighted by Crippen LogP contribution is -2.41. The summed E-state index contributed by atoms with van der Waals surface area (Å²) in [6, 6.07) is 3.15. The number of likely N-dealkylation sites (N-methyl/N-ethyl adjacent to an activating group) is 1. The van der Waals surface area contributed by atoms with E-state index in [9.17, 15) is 9.59 Å². The first-order valence-corrected chi connectivity index (χ1v) is 5.17. The van der Waals surface area contributed by atoms with Crippen molar-refractivity contribution in [1.82, 2.24) is 5.32 Å². The van der Waals surface area contributed by atoms with Crippen molar-refractivity contribution >= 4 is 23.4 Å². The molecule has 0 aliphatic heterocycles. The normalized spacial score (nSPS) is 11.9. The molecule has 6 heteroatoms. The molecule has 1 atom stereocenters. The third-order valence-corrected chi connectivity index (χ3v) is 2.55. The molecule has 0 bridgehead atoms. The highest BCUT2D eigenvalue weighted by Crippen LogP contribution is 2.23. The Morgan fingerprint density at radius 1 is 1.47 bits per heavy atom. The minimum Gasteiger partial charge on any atom is -0.497 e. The van der Waals surface area contributed by atoms with Crippen LogP contribution in [0, 0.1) is 0 Å². The van der Waals surface area contributed by atoms with Gasteiger partial charge in [-0.2, -0.15) is 0 Å². The fraction of sp³-hybridized carbons (Fsp3) is 0.273. The number of Topliss-reactive ketones (excluding diaryl/α,β-unsaturated/α-hetero) is 1. The fourth-order valence-corrected chi connectivity index (χ4v) is 1.61. The van der Waals surface area contributed by atoms with Gasteiger partial charge in [-0.15, -0.1) is 0 Å². The monoisotopic (exact) mass is 257 g/mol. The van der Waals surface area contributed by atoms with Gasteiger partial charge in [0.15, 0.2) is 11.8 Å². The number of nitrogens with one attached hydrogen (secondary N) is 1. The van der Waals surface area contributed by atoms with Crippen molar-refractivity contribution < 1.29 is 19.4 Å². The van der Waals surface area contributed by atoms with Crippen LogP contribution in [-0.4, -0.2) is 37.1 Å². The predicted octanol–water partition coefficient (Wildman–Crippen LogP) is 1.20. The van der Waals surface area contributed by atoms with Crippen LogP contribution in [-0.2, 0) is 4.79 Å². The minimum absolute atomic E-state index is 0.147. The highest BCUT2D eigenvalue weighted by molar-refractivity contribution is 6.35. The molecule has 0 saturated heterocycles. The number of hydrogen-bond donors (Lipinski definition) is 2. The zero-order valence-electron chi connectivity index (χ0n) is 9.36. The number of rotatable bonds is 5. The molecule has 0 radical (unpaired) electrons. The number of carbonyl (C=O) groups excluding carboxylic acids is 1. The average Bonchev–Trinajstić information content (AvgIpc) is 2.28. The summed E-state index contributed by atoms with van der Waals surface area (Å²) in [5.74, 6) is -1.33. The summed E-state index contributed by atoms with van der Waals surface area (Å²) < 4.78 is 4.94. The van der Waals surface area contributed by atoms with Gasteiger partial charge < -0.3 is 15.2 Å². The molecule has 1 rings (SSSR count). The Morgan fingerprint density at radius 3 is 2.53 bits per heavy atom. The van der Waals surface area contributed by atoms with E-state index in [4.69, 9.17) is 21.4 Å². The van der Waals surface area contributed by atoms with Crippen LogP contribution in [0.15, 0.2) is 18.2 Å². The summed E-state index contributed by atoms with van der Waals surface area (Å²) in [4.78, 5) is 22.7. The Labute approximate surface area is 103 Å². The molecular formula is C11H12ClNO4. The minimum atomic E-state index is -1.30. The van der Waals surface area contributed by atoms with Crippen molar-refractivity contribution in [1.29, 1.82) is 0 Å². The summed E-state index contributed by atoms with van der Waals surface area (Å²) in [7, 11) is 2.87. The third-order valence-electron chi connectivity index (χ3n) is 2.24. The lowest BCUT2D eigenvalue weighted by atomic mass is 10.0. The maximum atomic E-state index is 11.9. The van der Waals surface area contributed by atoms with E-state index in [1.807, 2.05) is 0 Å². The number of carboxylic acid groups (broad SMARTS) is 1. The van der Waals surface area contributed by atoms with Crippen LogP contribution in [0.5, 0.6) is 5.75 Å². The molecule has 5 nitrogen and oxygen atoms in total. The quantitative estimate of drug-likeness (QED) is 0.612. The molecule has 0 aliphatic rings. The Kier molecular flexibility index (Phi) is 4.48. The highest BCUT2D eigenvalue weighted by atomic mass is 35.5. The first-order chi connectivity index (χ1) is 8.01. The summed E-state index contributed by atoms with van der Waals surface area (Å²) in [5, 5.41) is 11.4. The van der Waals surface area contributed by atoms with E-state index < -0.39 is 17.8 Å². The largest absolute Gasteiger partial charge is 0.497 e. The SMILES string of the molecule is CNC(C(=O)O)C(=O)c1ccc(OC)cc1Cl. The smallest absolute Gasteiger partial charge is 0.328 e. The Bertz CT molecular complexity index is 447. The van der Waals surface area contributed by atoms with Crippen molar-refractivity contribution in [3.63, 3.8) is 0 Å². The molecule has 92 valence electrons. The van der Waals surface area contributed by atoms with E-state index in [1.165, 1.54) is 26.3 Å². The first-order valence-electron chi connectivity index (χ1n) is 4.79. The second kappa shape index (κ2) is 5.65. The van der Waals surface area contributed by atoms with Gasteiger partial charge >= 0.3 is 5.97 Å². The number of methoxy groups -OCH3 is 1. The van der Waals surface area contributed by atoms with E-state index in [2.05, 4.69) is 5.32 Å². The summed E-state index contributed by atoms with van der Waals surface area (Å²) in [6.45, 7) is 0. The van der Waals surface area contributed by atoms with Crippen molar-refractivity contribution in [3.05, 3.63) is 28.8 Å². The number of carbonyl (C=O) groups is 2. The molecule has 0 saturated carbocycles. The molecule has 0 fully saturated rings. The molecule has 0 spiro atoms. The van der Waals surface area contributed by atoms with Gasteiger partial charge in [-0.05, 0) is 25.2 Å². The standard InChI is InChI=1S/C11H12ClNO4/c1-13-9(11(15)16)10(14)7-4-3-6(17-2)5-8(7)12/h3-5,9,13H,1-2H3,(H,15,16). The molecule has 1 aromatic rings. The zero-order chi connectivity index (χ0) is 13.0. The number of carboxylic acids is 1. The van der Waals surface area contributed by atoms with Gasteiger partial charge in [-0.25, -0.2) is 0 Å². The van der Waals surface area contributed by atoms with E-state index in [1.54, 1.807) is 6.07 Å². The van der Waals surface area contributed by atoms with E-state index in [0.717, 1.165) is 0 Å². The van der Waals surface area contributed by atoms with Crippen LogP contribution in [0.25, 0.3) is 0 Å². The molecule has 17 heavy (non-hydrogen) atoms. The number of benzene rings is 1. The number of ether oxygens (including phenoxy) is 1. The van der Waals surface area contributed by atoms with Crippen molar-refractivity contribution in [2.75, 3.05) is 14.2 Å². The summed E-state index contributed by atoms with van der Waals surface area (Å²) in [6.07, 6.45) is 0. The van der Waals surface area contributed by atoms with Crippen molar-refractivity contribution in [3.8, 4) is 5.75 Å². The van der Waals surface area contributed by atoms with Crippen LogP contribution in [0.1, 0.15) is 10.4 Å². The highest BCUT2D eigenvalue weighted by Gasteiger charge is 2.26. The molecule has 1 unspecified atom stereocenters. The van der Waals surface area contributed by atoms with Crippen molar-refractivity contribution in [2.24, 2.45) is 0 Å². The zero-order valence-corrected chi connectivity index (χ0v) is 10.1. The maximum Gasteiger partial charge on any atom is 0.328 e. The molecule has 0 aliphatic carbocycles. The van der Waals surface area contributed by atoms with E-state index in [-0.39, 0.29) is 10.6 Å². The van der Waals surface area contributed by atoms with Crippen LogP contribution in [0.4, 0.5) is 0 Å². The van der Waals surface area contributed by atoms with Gasteiger partial charge in [0.2, 0.25) is 0 Å². The Balaban J connectivity index is 3.08. The van der Waals surface area contributed by atoms with Gasteiger partial charge in [0, 0.05) is 5.56 Å². The molecular weight excluding hydrogens is 246 g/mol. The van der Waals surface area contributed by atoms with Gasteiger partial charge in [0.1, 0.15) is 5.75 Å². The van der Waals surface area contributed by atoms with Gasteiger partial charge in [0.25, 0.3) is 0 Å².